The Labute approximate surface area is 182 Å². The van der Waals surface area contributed by atoms with Gasteiger partial charge in [-0.05, 0) is 42.8 Å². The highest BCUT2D eigenvalue weighted by Gasteiger charge is 2.14. The number of anilines is 2. The summed E-state index contributed by atoms with van der Waals surface area (Å²) < 4.78 is 13.0. The zero-order valence-corrected chi connectivity index (χ0v) is 17.8. The fraction of sp³-hybridized carbons (Fsp3) is 0.182. The SMILES string of the molecule is CC(=O)Nc1cccc(NC(=O)Cc2c(C)nc(SCc3ccc(F)cc3)[nH]c2=O)c1. The molecule has 0 aliphatic carbocycles. The zero-order valence-electron chi connectivity index (χ0n) is 17.0. The van der Waals surface area contributed by atoms with Crippen molar-refractivity contribution in [3.63, 3.8) is 0 Å². The minimum absolute atomic E-state index is 0.137. The third-order valence-electron chi connectivity index (χ3n) is 4.29. The van der Waals surface area contributed by atoms with E-state index in [4.69, 9.17) is 0 Å². The molecule has 2 aromatic carbocycles. The van der Waals surface area contributed by atoms with Crippen LogP contribution in [-0.4, -0.2) is 21.8 Å². The normalized spacial score (nSPS) is 10.5. The molecule has 31 heavy (non-hydrogen) atoms. The summed E-state index contributed by atoms with van der Waals surface area (Å²) in [5, 5.41) is 5.79. The van der Waals surface area contributed by atoms with E-state index in [2.05, 4.69) is 20.6 Å². The first-order valence-electron chi connectivity index (χ1n) is 9.44. The molecule has 3 aromatic rings. The third-order valence-corrected chi connectivity index (χ3v) is 5.24. The van der Waals surface area contributed by atoms with Gasteiger partial charge in [0.2, 0.25) is 11.8 Å². The Hall–Kier alpha value is -3.46. The number of aromatic nitrogens is 2. The van der Waals surface area contributed by atoms with E-state index >= 15 is 0 Å². The van der Waals surface area contributed by atoms with Crippen LogP contribution >= 0.6 is 11.8 Å². The van der Waals surface area contributed by atoms with Gasteiger partial charge in [-0.2, -0.15) is 0 Å². The van der Waals surface area contributed by atoms with Crippen molar-refractivity contribution in [3.8, 4) is 0 Å². The Bertz CT molecular complexity index is 1160. The molecule has 0 saturated heterocycles. The number of carbonyl (C=O) groups excluding carboxylic acids is 2. The minimum atomic E-state index is -0.378. The van der Waals surface area contributed by atoms with Gasteiger partial charge in [0.05, 0.1) is 6.42 Å². The maximum absolute atomic E-state index is 13.0. The predicted octanol–water partition coefficient (Wildman–Crippen LogP) is 3.65. The molecule has 3 rings (SSSR count). The number of amides is 2. The number of aryl methyl sites for hydroxylation is 1. The fourth-order valence-corrected chi connectivity index (χ4v) is 3.70. The van der Waals surface area contributed by atoms with Gasteiger partial charge in [-0.3, -0.25) is 14.4 Å². The van der Waals surface area contributed by atoms with Gasteiger partial charge in [0.15, 0.2) is 5.16 Å². The summed E-state index contributed by atoms with van der Waals surface area (Å²) in [7, 11) is 0. The van der Waals surface area contributed by atoms with Gasteiger partial charge >= 0.3 is 0 Å². The number of benzene rings is 2. The second-order valence-electron chi connectivity index (χ2n) is 6.84. The number of carbonyl (C=O) groups is 2. The summed E-state index contributed by atoms with van der Waals surface area (Å²) in [5.74, 6) is -0.371. The van der Waals surface area contributed by atoms with Crippen LogP contribution in [0.2, 0.25) is 0 Å². The first-order valence-corrected chi connectivity index (χ1v) is 10.4. The van der Waals surface area contributed by atoms with Crippen molar-refractivity contribution in [2.75, 3.05) is 10.6 Å². The maximum Gasteiger partial charge on any atom is 0.255 e. The number of thioether (sulfide) groups is 1. The van der Waals surface area contributed by atoms with E-state index in [-0.39, 0.29) is 35.2 Å². The second kappa shape index (κ2) is 10.0. The molecular weight excluding hydrogens is 419 g/mol. The molecular formula is C22H21FN4O3S. The second-order valence-corrected chi connectivity index (χ2v) is 7.80. The number of nitrogens with one attached hydrogen (secondary N) is 3. The summed E-state index contributed by atoms with van der Waals surface area (Å²) in [5.41, 5.74) is 2.33. The lowest BCUT2D eigenvalue weighted by atomic mass is 10.1. The van der Waals surface area contributed by atoms with Crippen LogP contribution in [0.3, 0.4) is 0 Å². The Balaban J connectivity index is 1.65. The number of hydrogen-bond donors (Lipinski definition) is 3. The van der Waals surface area contributed by atoms with Gasteiger partial charge in [0, 0.05) is 35.3 Å². The molecule has 0 atom stereocenters. The van der Waals surface area contributed by atoms with Crippen molar-refractivity contribution >= 4 is 35.0 Å². The lowest BCUT2D eigenvalue weighted by Crippen LogP contribution is -2.23. The maximum atomic E-state index is 13.0. The van der Waals surface area contributed by atoms with Crippen molar-refractivity contribution in [1.82, 2.24) is 9.97 Å². The van der Waals surface area contributed by atoms with Crippen molar-refractivity contribution in [3.05, 3.63) is 81.5 Å². The summed E-state index contributed by atoms with van der Waals surface area (Å²) in [6.07, 6.45) is -0.137. The van der Waals surface area contributed by atoms with Gasteiger partial charge in [-0.25, -0.2) is 9.37 Å². The third kappa shape index (κ3) is 6.51. The van der Waals surface area contributed by atoms with Crippen LogP contribution in [0.5, 0.6) is 0 Å². The lowest BCUT2D eigenvalue weighted by Gasteiger charge is -2.09. The molecule has 7 nitrogen and oxygen atoms in total. The van der Waals surface area contributed by atoms with Crippen LogP contribution in [0.1, 0.15) is 23.7 Å². The van der Waals surface area contributed by atoms with Crippen LogP contribution in [0.15, 0.2) is 58.5 Å². The number of nitrogens with zero attached hydrogens (tertiary/aromatic N) is 1. The van der Waals surface area contributed by atoms with E-state index in [1.54, 1.807) is 43.3 Å². The van der Waals surface area contributed by atoms with E-state index in [0.29, 0.717) is 28.0 Å². The Morgan fingerprint density at radius 3 is 2.42 bits per heavy atom. The van der Waals surface area contributed by atoms with Crippen molar-refractivity contribution < 1.29 is 14.0 Å². The summed E-state index contributed by atoms with van der Waals surface area (Å²) in [6.45, 7) is 3.08. The van der Waals surface area contributed by atoms with Crippen LogP contribution < -0.4 is 16.2 Å². The number of halogens is 1. The first-order chi connectivity index (χ1) is 14.8. The van der Waals surface area contributed by atoms with E-state index in [9.17, 15) is 18.8 Å². The number of H-pyrrole nitrogens is 1. The molecule has 160 valence electrons. The van der Waals surface area contributed by atoms with Crippen LogP contribution in [0.4, 0.5) is 15.8 Å². The quantitative estimate of drug-likeness (QED) is 0.384. The molecule has 0 unspecified atom stereocenters. The molecule has 9 heteroatoms. The van der Waals surface area contributed by atoms with Gasteiger partial charge in [0.1, 0.15) is 5.82 Å². The molecule has 0 fully saturated rings. The lowest BCUT2D eigenvalue weighted by molar-refractivity contribution is -0.116. The summed E-state index contributed by atoms with van der Waals surface area (Å²) in [6, 6.07) is 12.8. The number of rotatable bonds is 7. The van der Waals surface area contributed by atoms with E-state index in [1.807, 2.05) is 0 Å². The highest BCUT2D eigenvalue weighted by molar-refractivity contribution is 7.98. The highest BCUT2D eigenvalue weighted by Crippen LogP contribution is 2.20. The first kappa shape index (κ1) is 22.2. The standard InChI is InChI=1S/C22H21FN4O3S/c1-13-19(11-20(29)26-18-5-3-4-17(10-18)25-14(2)28)21(30)27-22(24-13)31-12-15-6-8-16(23)9-7-15/h3-10H,11-12H2,1-2H3,(H,25,28)(H,26,29)(H,24,27,30). The molecule has 0 aliphatic heterocycles. The highest BCUT2D eigenvalue weighted by atomic mass is 32.2. The fourth-order valence-electron chi connectivity index (χ4n) is 2.84. The smallest absolute Gasteiger partial charge is 0.255 e. The molecule has 2 amide bonds. The molecule has 0 radical (unpaired) electrons. The van der Waals surface area contributed by atoms with Crippen LogP contribution in [0, 0.1) is 12.7 Å². The van der Waals surface area contributed by atoms with Gasteiger partial charge in [-0.1, -0.05) is 30.0 Å². The van der Waals surface area contributed by atoms with Crippen molar-refractivity contribution in [1.29, 1.82) is 0 Å². The molecule has 3 N–H and O–H groups in total. The van der Waals surface area contributed by atoms with E-state index in [1.165, 1.54) is 30.8 Å². The molecule has 1 aromatic heterocycles. The van der Waals surface area contributed by atoms with Crippen LogP contribution in [-0.2, 0) is 21.8 Å². The Kier molecular flexibility index (Phi) is 7.19. The number of hydrogen-bond acceptors (Lipinski definition) is 5. The molecule has 0 saturated carbocycles. The molecule has 1 heterocycles. The average Bonchev–Trinajstić information content (AvgIpc) is 2.70. The van der Waals surface area contributed by atoms with E-state index < -0.39 is 0 Å². The zero-order chi connectivity index (χ0) is 22.4. The molecule has 0 aliphatic rings. The monoisotopic (exact) mass is 440 g/mol. The Morgan fingerprint density at radius 2 is 1.77 bits per heavy atom. The van der Waals surface area contributed by atoms with Gasteiger partial charge < -0.3 is 15.6 Å². The summed E-state index contributed by atoms with van der Waals surface area (Å²) in [4.78, 5) is 43.2. The van der Waals surface area contributed by atoms with Gasteiger partial charge in [-0.15, -0.1) is 0 Å². The minimum Gasteiger partial charge on any atom is -0.326 e. The predicted molar refractivity (Wildman–Crippen MR) is 119 cm³/mol. The Morgan fingerprint density at radius 1 is 1.10 bits per heavy atom. The van der Waals surface area contributed by atoms with Gasteiger partial charge in [0.25, 0.3) is 5.56 Å². The van der Waals surface area contributed by atoms with Crippen LogP contribution in [0.25, 0.3) is 0 Å². The van der Waals surface area contributed by atoms with Crippen molar-refractivity contribution in [2.24, 2.45) is 0 Å². The van der Waals surface area contributed by atoms with E-state index in [0.717, 1.165) is 5.56 Å². The molecule has 0 spiro atoms. The van der Waals surface area contributed by atoms with Crippen molar-refractivity contribution in [2.45, 2.75) is 31.2 Å². The average molecular weight is 441 g/mol. The summed E-state index contributed by atoms with van der Waals surface area (Å²) >= 11 is 1.32. The molecule has 0 bridgehead atoms. The topological polar surface area (TPSA) is 104 Å². The number of aromatic amines is 1. The largest absolute Gasteiger partial charge is 0.326 e.